The van der Waals surface area contributed by atoms with Crippen molar-refractivity contribution >= 4 is 32.3 Å². The average Bonchev–Trinajstić information content (AvgIpc) is 2.53. The Morgan fingerprint density at radius 1 is 0.800 bits per heavy atom. The van der Waals surface area contributed by atoms with Crippen molar-refractivity contribution in [3.05, 3.63) is 48.5 Å². The standard InChI is InChI=1S/C16H12N2O6S/c19-10-4-5-12(14(20)7-10)17-18-13-3-1-2-9-6-11(25(22,23)24)8-15(21)16(9)13/h1-8,19-21H,(H,22,23,24). The maximum Gasteiger partial charge on any atom is 0.294 e. The molecule has 128 valence electrons. The second-order valence-corrected chi connectivity index (χ2v) is 6.59. The van der Waals surface area contributed by atoms with Crippen LogP contribution < -0.4 is 0 Å². The van der Waals surface area contributed by atoms with Gasteiger partial charge in [-0.2, -0.15) is 8.42 Å². The molecule has 0 spiro atoms. The predicted molar refractivity (Wildman–Crippen MR) is 89.4 cm³/mol. The number of aromatic hydroxyl groups is 3. The molecular formula is C16H12N2O6S. The molecule has 0 aromatic heterocycles. The van der Waals surface area contributed by atoms with Gasteiger partial charge in [0.2, 0.25) is 0 Å². The van der Waals surface area contributed by atoms with Gasteiger partial charge in [0.25, 0.3) is 10.1 Å². The maximum atomic E-state index is 11.2. The van der Waals surface area contributed by atoms with E-state index in [-0.39, 0.29) is 28.3 Å². The van der Waals surface area contributed by atoms with Crippen LogP contribution in [-0.4, -0.2) is 28.3 Å². The van der Waals surface area contributed by atoms with Crippen LogP contribution in [0, 0.1) is 0 Å². The van der Waals surface area contributed by atoms with E-state index in [0.717, 1.165) is 12.1 Å². The number of phenols is 3. The minimum atomic E-state index is -4.47. The van der Waals surface area contributed by atoms with Gasteiger partial charge in [-0.05, 0) is 29.7 Å². The fourth-order valence-corrected chi connectivity index (χ4v) is 2.83. The Balaban J connectivity index is 2.12. The molecular weight excluding hydrogens is 348 g/mol. The van der Waals surface area contributed by atoms with Gasteiger partial charge in [-0.15, -0.1) is 10.2 Å². The van der Waals surface area contributed by atoms with Crippen molar-refractivity contribution in [3.8, 4) is 17.2 Å². The molecule has 0 fully saturated rings. The van der Waals surface area contributed by atoms with Gasteiger partial charge in [0.05, 0.1) is 16.0 Å². The Morgan fingerprint density at radius 2 is 1.52 bits per heavy atom. The van der Waals surface area contributed by atoms with Gasteiger partial charge < -0.3 is 15.3 Å². The van der Waals surface area contributed by atoms with Crippen LogP contribution in [0.15, 0.2) is 63.7 Å². The molecule has 0 bridgehead atoms. The lowest BCUT2D eigenvalue weighted by Gasteiger charge is -2.06. The Morgan fingerprint density at radius 3 is 2.20 bits per heavy atom. The first-order chi connectivity index (χ1) is 11.8. The average molecular weight is 360 g/mol. The Bertz CT molecular complexity index is 1110. The molecule has 4 N–H and O–H groups in total. The van der Waals surface area contributed by atoms with Crippen molar-refractivity contribution in [1.82, 2.24) is 0 Å². The first kappa shape index (κ1) is 16.7. The van der Waals surface area contributed by atoms with Crippen molar-refractivity contribution in [2.24, 2.45) is 10.2 Å². The van der Waals surface area contributed by atoms with E-state index >= 15 is 0 Å². The number of hydrogen-bond donors (Lipinski definition) is 4. The summed E-state index contributed by atoms with van der Waals surface area (Å²) in [5.74, 6) is -0.798. The molecule has 0 aliphatic heterocycles. The van der Waals surface area contributed by atoms with E-state index in [1.165, 1.54) is 24.3 Å². The van der Waals surface area contributed by atoms with Crippen LogP contribution in [-0.2, 0) is 10.1 Å². The SMILES string of the molecule is O=S(=O)(O)c1cc(O)c2c(N=Nc3ccc(O)cc3O)cccc2c1. The Hall–Kier alpha value is -3.17. The zero-order valence-corrected chi connectivity index (χ0v) is 13.3. The molecule has 0 aliphatic rings. The third-order valence-electron chi connectivity index (χ3n) is 3.43. The van der Waals surface area contributed by atoms with Gasteiger partial charge in [0, 0.05) is 12.1 Å². The third-order valence-corrected chi connectivity index (χ3v) is 4.26. The molecule has 0 aliphatic carbocycles. The summed E-state index contributed by atoms with van der Waals surface area (Å²) in [4.78, 5) is -0.442. The highest BCUT2D eigenvalue weighted by molar-refractivity contribution is 7.85. The molecule has 0 saturated carbocycles. The topological polar surface area (TPSA) is 140 Å². The van der Waals surface area contributed by atoms with Crippen LogP contribution in [0.2, 0.25) is 0 Å². The van der Waals surface area contributed by atoms with Gasteiger partial charge in [-0.25, -0.2) is 0 Å². The minimum absolute atomic E-state index is 0.101. The van der Waals surface area contributed by atoms with Crippen LogP contribution >= 0.6 is 0 Å². The summed E-state index contributed by atoms with van der Waals surface area (Å²) in [5, 5.41) is 37.5. The van der Waals surface area contributed by atoms with Crippen LogP contribution in [0.5, 0.6) is 17.2 Å². The Labute approximate surface area is 142 Å². The van der Waals surface area contributed by atoms with Gasteiger partial charge in [0.15, 0.2) is 0 Å². The lowest BCUT2D eigenvalue weighted by Crippen LogP contribution is -1.97. The normalized spacial score (nSPS) is 12.0. The summed E-state index contributed by atoms with van der Waals surface area (Å²) in [7, 11) is -4.47. The van der Waals surface area contributed by atoms with E-state index < -0.39 is 20.8 Å². The lowest BCUT2D eigenvalue weighted by molar-refractivity contribution is 0.451. The molecule has 9 heteroatoms. The van der Waals surface area contributed by atoms with E-state index in [1.807, 2.05) is 0 Å². The molecule has 25 heavy (non-hydrogen) atoms. The van der Waals surface area contributed by atoms with Crippen molar-refractivity contribution in [2.45, 2.75) is 4.90 Å². The van der Waals surface area contributed by atoms with Crippen molar-refractivity contribution in [3.63, 3.8) is 0 Å². The summed E-state index contributed by atoms with van der Waals surface area (Å²) in [6.45, 7) is 0. The highest BCUT2D eigenvalue weighted by Crippen LogP contribution is 2.37. The summed E-state index contributed by atoms with van der Waals surface area (Å²) in [5.41, 5.74) is 0.327. The number of nitrogens with zero attached hydrogens (tertiary/aromatic N) is 2. The molecule has 8 nitrogen and oxygen atoms in total. The van der Waals surface area contributed by atoms with Crippen molar-refractivity contribution < 1.29 is 28.3 Å². The molecule has 0 radical (unpaired) electrons. The third kappa shape index (κ3) is 3.37. The number of benzene rings is 3. The van der Waals surface area contributed by atoms with Gasteiger partial charge in [-0.1, -0.05) is 12.1 Å². The summed E-state index contributed by atoms with van der Waals surface area (Å²) < 4.78 is 31.6. The predicted octanol–water partition coefficient (Wildman–Crippen LogP) is 3.62. The number of azo groups is 1. The molecule has 0 amide bonds. The number of phenolic OH excluding ortho intramolecular Hbond substituents is 3. The first-order valence-electron chi connectivity index (χ1n) is 6.92. The minimum Gasteiger partial charge on any atom is -0.508 e. The molecule has 0 atom stereocenters. The highest BCUT2D eigenvalue weighted by Gasteiger charge is 2.15. The van der Waals surface area contributed by atoms with Crippen LogP contribution in [0.1, 0.15) is 0 Å². The summed E-state index contributed by atoms with van der Waals surface area (Å²) in [6, 6.07) is 10.5. The molecule has 3 aromatic rings. The van der Waals surface area contributed by atoms with E-state index in [0.29, 0.717) is 5.39 Å². The fourth-order valence-electron chi connectivity index (χ4n) is 2.30. The largest absolute Gasteiger partial charge is 0.508 e. The van der Waals surface area contributed by atoms with E-state index in [1.54, 1.807) is 12.1 Å². The van der Waals surface area contributed by atoms with E-state index in [9.17, 15) is 23.7 Å². The summed E-state index contributed by atoms with van der Waals surface area (Å²) in [6.07, 6.45) is 0. The maximum absolute atomic E-state index is 11.2. The zero-order chi connectivity index (χ0) is 18.2. The fraction of sp³-hybridized carbons (Fsp3) is 0. The van der Waals surface area contributed by atoms with E-state index in [4.69, 9.17) is 4.55 Å². The van der Waals surface area contributed by atoms with Gasteiger partial charge in [-0.3, -0.25) is 4.55 Å². The van der Waals surface area contributed by atoms with Crippen LogP contribution in [0.25, 0.3) is 10.8 Å². The second kappa shape index (κ2) is 6.04. The van der Waals surface area contributed by atoms with Crippen molar-refractivity contribution in [1.29, 1.82) is 0 Å². The van der Waals surface area contributed by atoms with Crippen molar-refractivity contribution in [2.75, 3.05) is 0 Å². The monoisotopic (exact) mass is 360 g/mol. The van der Waals surface area contributed by atoms with E-state index in [2.05, 4.69) is 10.2 Å². The summed E-state index contributed by atoms with van der Waals surface area (Å²) >= 11 is 0. The van der Waals surface area contributed by atoms with Crippen LogP contribution in [0.3, 0.4) is 0 Å². The molecule has 0 saturated heterocycles. The first-order valence-corrected chi connectivity index (χ1v) is 8.36. The number of rotatable bonds is 3. The second-order valence-electron chi connectivity index (χ2n) is 5.17. The quantitative estimate of drug-likeness (QED) is 0.415. The number of hydrogen-bond acceptors (Lipinski definition) is 7. The van der Waals surface area contributed by atoms with Gasteiger partial charge in [0.1, 0.15) is 22.9 Å². The smallest absolute Gasteiger partial charge is 0.294 e. The molecule has 0 unspecified atom stereocenters. The molecule has 0 heterocycles. The number of fused-ring (bicyclic) bond motifs is 1. The lowest BCUT2D eigenvalue weighted by atomic mass is 10.1. The van der Waals surface area contributed by atoms with Crippen LogP contribution in [0.4, 0.5) is 11.4 Å². The highest BCUT2D eigenvalue weighted by atomic mass is 32.2. The molecule has 3 aromatic carbocycles. The zero-order valence-electron chi connectivity index (χ0n) is 12.5. The Kier molecular flexibility index (Phi) is 4.03. The molecule has 3 rings (SSSR count). The van der Waals surface area contributed by atoms with Gasteiger partial charge >= 0.3 is 0 Å².